The zero-order valence-electron chi connectivity index (χ0n) is 16.8. The Balaban J connectivity index is 2.23. The molecule has 2 amide bonds. The van der Waals surface area contributed by atoms with Crippen molar-refractivity contribution in [3.63, 3.8) is 0 Å². The Morgan fingerprint density at radius 1 is 1.31 bits per heavy atom. The van der Waals surface area contributed by atoms with Gasteiger partial charge in [0.05, 0.1) is 12.7 Å². The van der Waals surface area contributed by atoms with Gasteiger partial charge in [0.1, 0.15) is 5.60 Å². The molecule has 6 nitrogen and oxygen atoms in total. The monoisotopic (exact) mass is 367 g/mol. The minimum Gasteiger partial charge on any atom is -0.443 e. The number of unbranched alkanes of at least 4 members (excludes halogenated alkanes) is 1. The van der Waals surface area contributed by atoms with E-state index >= 15 is 0 Å². The molecule has 1 aliphatic carbocycles. The summed E-state index contributed by atoms with van der Waals surface area (Å²) in [4.78, 5) is 26.6. The molecule has 148 valence electrons. The highest BCUT2D eigenvalue weighted by Gasteiger charge is 2.53. The maximum atomic E-state index is 12.9. The highest BCUT2D eigenvalue weighted by Crippen LogP contribution is 2.44. The second-order valence-electron chi connectivity index (χ2n) is 8.49. The maximum absolute atomic E-state index is 12.9. The zero-order chi connectivity index (χ0) is 19.6. The number of hydrogen-bond donors (Lipinski definition) is 1. The summed E-state index contributed by atoms with van der Waals surface area (Å²) in [6.45, 7) is 12.4. The number of aliphatic hydroxyl groups excluding tert-OH is 1. The van der Waals surface area contributed by atoms with E-state index < -0.39 is 17.8 Å². The molecule has 0 aromatic carbocycles. The first-order valence-electron chi connectivity index (χ1n) is 9.62. The highest BCUT2D eigenvalue weighted by molar-refractivity contribution is 6.06. The summed E-state index contributed by atoms with van der Waals surface area (Å²) >= 11 is 0. The summed E-state index contributed by atoms with van der Waals surface area (Å²) in [5.41, 5.74) is -0.160. The lowest BCUT2D eigenvalue weighted by Gasteiger charge is -2.37. The van der Waals surface area contributed by atoms with Crippen molar-refractivity contribution in [2.75, 3.05) is 13.2 Å². The van der Waals surface area contributed by atoms with E-state index in [2.05, 4.69) is 6.92 Å². The van der Waals surface area contributed by atoms with Gasteiger partial charge in [-0.15, -0.1) is 0 Å². The van der Waals surface area contributed by atoms with Gasteiger partial charge in [-0.25, -0.2) is 9.69 Å². The van der Waals surface area contributed by atoms with Crippen LogP contribution in [0.2, 0.25) is 0 Å². The minimum atomic E-state index is -0.712. The van der Waals surface area contributed by atoms with E-state index in [4.69, 9.17) is 9.47 Å². The van der Waals surface area contributed by atoms with Gasteiger partial charge in [0.15, 0.2) is 0 Å². The molecule has 1 fully saturated rings. The quantitative estimate of drug-likeness (QED) is 0.756. The Morgan fingerprint density at radius 3 is 2.54 bits per heavy atom. The Bertz CT molecular complexity index is 565. The molecule has 26 heavy (non-hydrogen) atoms. The van der Waals surface area contributed by atoms with Crippen LogP contribution in [0.4, 0.5) is 4.79 Å². The van der Waals surface area contributed by atoms with Crippen molar-refractivity contribution in [2.45, 2.75) is 72.1 Å². The molecule has 1 saturated heterocycles. The van der Waals surface area contributed by atoms with Crippen molar-refractivity contribution >= 4 is 12.0 Å². The predicted molar refractivity (Wildman–Crippen MR) is 98.5 cm³/mol. The Morgan fingerprint density at radius 2 is 1.96 bits per heavy atom. The third-order valence-electron chi connectivity index (χ3n) is 5.32. The number of rotatable bonds is 5. The average molecular weight is 367 g/mol. The van der Waals surface area contributed by atoms with Gasteiger partial charge in [0.25, 0.3) is 5.91 Å². The van der Waals surface area contributed by atoms with E-state index in [9.17, 15) is 14.7 Å². The van der Waals surface area contributed by atoms with Crippen molar-refractivity contribution in [1.29, 1.82) is 0 Å². The van der Waals surface area contributed by atoms with Crippen LogP contribution in [0.15, 0.2) is 11.6 Å². The third-order valence-corrected chi connectivity index (χ3v) is 5.32. The molecule has 0 aromatic heterocycles. The van der Waals surface area contributed by atoms with E-state index in [1.165, 1.54) is 4.90 Å². The summed E-state index contributed by atoms with van der Waals surface area (Å²) in [5, 5.41) is 10.4. The summed E-state index contributed by atoms with van der Waals surface area (Å²) < 4.78 is 11.2. The van der Waals surface area contributed by atoms with Crippen LogP contribution in [-0.4, -0.2) is 53.0 Å². The van der Waals surface area contributed by atoms with Gasteiger partial charge < -0.3 is 14.6 Å². The number of aliphatic hydroxyl groups is 1. The van der Waals surface area contributed by atoms with Crippen LogP contribution in [0.5, 0.6) is 0 Å². The molecule has 2 rings (SSSR count). The molecule has 0 spiro atoms. The Labute approximate surface area is 156 Å². The van der Waals surface area contributed by atoms with Crippen LogP contribution in [0.1, 0.15) is 54.4 Å². The number of nitrogens with zero attached hydrogens (tertiary/aromatic N) is 1. The molecule has 1 heterocycles. The lowest BCUT2D eigenvalue weighted by Crippen LogP contribution is -2.44. The van der Waals surface area contributed by atoms with Crippen LogP contribution in [0.25, 0.3) is 0 Å². The highest BCUT2D eigenvalue weighted by atomic mass is 16.6. The molecular weight excluding hydrogens is 334 g/mol. The fourth-order valence-corrected chi connectivity index (χ4v) is 3.86. The first-order chi connectivity index (χ1) is 12.1. The average Bonchev–Trinajstić information content (AvgIpc) is 2.76. The normalized spacial score (nSPS) is 31.7. The topological polar surface area (TPSA) is 76.1 Å². The first kappa shape index (κ1) is 20.9. The molecule has 0 bridgehead atoms. The molecule has 1 N–H and O–H groups in total. The van der Waals surface area contributed by atoms with E-state index in [1.54, 1.807) is 26.8 Å². The Kier molecular flexibility index (Phi) is 6.51. The zero-order valence-corrected chi connectivity index (χ0v) is 16.8. The third kappa shape index (κ3) is 4.29. The van der Waals surface area contributed by atoms with Crippen molar-refractivity contribution in [3.05, 3.63) is 11.6 Å². The molecule has 0 radical (unpaired) electrons. The van der Waals surface area contributed by atoms with E-state index in [-0.39, 0.29) is 29.7 Å². The number of amides is 2. The molecule has 0 aromatic rings. The molecule has 0 saturated carbocycles. The van der Waals surface area contributed by atoms with E-state index in [0.717, 1.165) is 12.8 Å². The van der Waals surface area contributed by atoms with Gasteiger partial charge in [-0.1, -0.05) is 20.3 Å². The summed E-state index contributed by atoms with van der Waals surface area (Å²) in [5.74, 6) is -0.566. The van der Waals surface area contributed by atoms with Gasteiger partial charge in [0.2, 0.25) is 0 Å². The Hall–Kier alpha value is -1.40. The summed E-state index contributed by atoms with van der Waals surface area (Å²) in [6.07, 6.45) is 2.31. The lowest BCUT2D eigenvalue weighted by molar-refractivity contribution is -0.125. The second-order valence-corrected chi connectivity index (χ2v) is 8.49. The molecule has 5 atom stereocenters. The smallest absolute Gasteiger partial charge is 0.417 e. The predicted octanol–water partition coefficient (Wildman–Crippen LogP) is 3.14. The fraction of sp³-hybridized carbons (Fsp3) is 0.800. The van der Waals surface area contributed by atoms with Gasteiger partial charge in [-0.2, -0.15) is 0 Å². The van der Waals surface area contributed by atoms with Gasteiger partial charge in [0, 0.05) is 24.1 Å². The van der Waals surface area contributed by atoms with Gasteiger partial charge in [-0.05, 0) is 52.0 Å². The SMILES string of the molecule is CCCCOC[C@H]1[C@H](C)[C@H](O)C=C2C(=O)N(C(=O)OC(C)(C)C)[C@H](C)[C@H]21. The molecular formula is C20H33NO5. The number of likely N-dealkylation sites (tertiary alicyclic amines) is 1. The van der Waals surface area contributed by atoms with Crippen LogP contribution < -0.4 is 0 Å². The summed E-state index contributed by atoms with van der Waals surface area (Å²) in [7, 11) is 0. The summed E-state index contributed by atoms with van der Waals surface area (Å²) in [6, 6.07) is -0.321. The first-order valence-corrected chi connectivity index (χ1v) is 9.62. The minimum absolute atomic E-state index is 0.0201. The molecule has 6 heteroatoms. The number of imide groups is 1. The second kappa shape index (κ2) is 8.09. The van der Waals surface area contributed by atoms with Crippen LogP contribution in [-0.2, 0) is 14.3 Å². The largest absolute Gasteiger partial charge is 0.443 e. The maximum Gasteiger partial charge on any atom is 0.417 e. The van der Waals surface area contributed by atoms with Crippen molar-refractivity contribution in [1.82, 2.24) is 4.90 Å². The van der Waals surface area contributed by atoms with Crippen LogP contribution in [0, 0.1) is 17.8 Å². The van der Waals surface area contributed by atoms with Crippen molar-refractivity contribution in [2.24, 2.45) is 17.8 Å². The molecule has 1 aliphatic heterocycles. The standard InChI is InChI=1S/C20H33NO5/c1-7-8-9-25-11-15-12(2)16(22)10-14-17(15)13(3)21(18(14)23)19(24)26-20(4,5)6/h10,12-13,15-17,22H,7-9,11H2,1-6H3/t12-,13+,15-,16+,17+/m0/s1. The van der Waals surface area contributed by atoms with Crippen LogP contribution >= 0.6 is 0 Å². The lowest BCUT2D eigenvalue weighted by atomic mass is 9.70. The number of ether oxygens (including phenoxy) is 2. The van der Waals surface area contributed by atoms with E-state index in [1.807, 2.05) is 13.8 Å². The fourth-order valence-electron chi connectivity index (χ4n) is 3.86. The number of carbonyl (C=O) groups excluding carboxylic acids is 2. The van der Waals surface area contributed by atoms with Gasteiger partial charge >= 0.3 is 6.09 Å². The molecule has 0 unspecified atom stereocenters. The number of fused-ring (bicyclic) bond motifs is 1. The van der Waals surface area contributed by atoms with Gasteiger partial charge in [-0.3, -0.25) is 4.79 Å². The van der Waals surface area contributed by atoms with Crippen LogP contribution in [0.3, 0.4) is 0 Å². The van der Waals surface area contributed by atoms with E-state index in [0.29, 0.717) is 18.8 Å². The number of carbonyl (C=O) groups is 2. The molecule has 2 aliphatic rings. The number of hydrogen-bond acceptors (Lipinski definition) is 5. The van der Waals surface area contributed by atoms with Crippen molar-refractivity contribution in [3.8, 4) is 0 Å². The van der Waals surface area contributed by atoms with Crippen molar-refractivity contribution < 1.29 is 24.2 Å².